The van der Waals surface area contributed by atoms with Crippen molar-refractivity contribution in [3.63, 3.8) is 0 Å². The van der Waals surface area contributed by atoms with Gasteiger partial charge < -0.3 is 14.7 Å². The summed E-state index contributed by atoms with van der Waals surface area (Å²) in [5.74, 6) is 0.686. The first-order chi connectivity index (χ1) is 8.63. The van der Waals surface area contributed by atoms with Gasteiger partial charge in [0.05, 0.1) is 12.0 Å². The minimum absolute atomic E-state index is 0.364. The van der Waals surface area contributed by atoms with Crippen molar-refractivity contribution in [2.75, 3.05) is 0 Å². The van der Waals surface area contributed by atoms with Crippen LogP contribution in [0.1, 0.15) is 17.5 Å². The van der Waals surface area contributed by atoms with E-state index in [4.69, 9.17) is 21.8 Å². The van der Waals surface area contributed by atoms with Crippen LogP contribution in [-0.2, 0) is 7.05 Å². The van der Waals surface area contributed by atoms with Crippen LogP contribution < -0.4 is 5.73 Å². The number of hydrogen-bond acceptors (Lipinski definition) is 3. The largest absolute Gasteiger partial charge is 0.459 e. The maximum Gasteiger partial charge on any atom is 0.134 e. The van der Waals surface area contributed by atoms with Gasteiger partial charge in [-0.15, -0.1) is 0 Å². The molecule has 1 atom stereocenters. The fourth-order valence-electron chi connectivity index (χ4n) is 1.93. The van der Waals surface area contributed by atoms with E-state index < -0.39 is 0 Å². The predicted octanol–water partition coefficient (Wildman–Crippen LogP) is 2.87. The summed E-state index contributed by atoms with van der Waals surface area (Å²) in [5.41, 5.74) is 7.69. The summed E-state index contributed by atoms with van der Waals surface area (Å²) >= 11 is 5.94. The van der Waals surface area contributed by atoms with Crippen LogP contribution in [0.5, 0.6) is 0 Å². The third kappa shape index (κ3) is 1.89. The highest BCUT2D eigenvalue weighted by molar-refractivity contribution is 6.31. The number of nitrogens with two attached hydrogens (primary N) is 1. The molecule has 0 fully saturated rings. The highest BCUT2D eigenvalue weighted by Gasteiger charge is 2.16. The zero-order chi connectivity index (χ0) is 12.7. The Kier molecular flexibility index (Phi) is 2.61. The molecule has 0 aliphatic rings. The summed E-state index contributed by atoms with van der Waals surface area (Å²) in [4.78, 5) is 4.23. The van der Waals surface area contributed by atoms with E-state index in [0.29, 0.717) is 10.8 Å². The predicted molar refractivity (Wildman–Crippen MR) is 70.5 cm³/mol. The molecule has 0 saturated carbocycles. The number of nitrogens with zero attached hydrogens (tertiary/aromatic N) is 2. The monoisotopic (exact) mass is 261 g/mol. The number of imidazole rings is 1. The molecule has 3 aromatic rings. The first kappa shape index (κ1) is 11.3. The molecule has 0 saturated heterocycles. The first-order valence-corrected chi connectivity index (χ1v) is 5.94. The Hall–Kier alpha value is -1.78. The molecule has 1 aromatic carbocycles. The Morgan fingerprint density at radius 3 is 2.94 bits per heavy atom. The fourth-order valence-corrected chi connectivity index (χ4v) is 2.11. The third-order valence-electron chi connectivity index (χ3n) is 2.85. The fraction of sp³-hybridized carbons (Fsp3) is 0.154. The van der Waals surface area contributed by atoms with Crippen LogP contribution in [0.3, 0.4) is 0 Å². The van der Waals surface area contributed by atoms with Crippen molar-refractivity contribution in [1.29, 1.82) is 0 Å². The summed E-state index contributed by atoms with van der Waals surface area (Å²) in [5, 5.41) is 1.63. The van der Waals surface area contributed by atoms with Gasteiger partial charge in [0.2, 0.25) is 0 Å². The average molecular weight is 262 g/mol. The molecule has 92 valence electrons. The standard InChI is InChI=1S/C13H12ClN3O/c1-17-6-10(16-7-17)13(15)12-5-8-4-9(14)2-3-11(8)18-12/h2-7,13H,15H2,1H3. The molecular formula is C13H12ClN3O. The van der Waals surface area contributed by atoms with Crippen molar-refractivity contribution in [2.45, 2.75) is 6.04 Å². The molecule has 5 heteroatoms. The van der Waals surface area contributed by atoms with E-state index in [1.165, 1.54) is 0 Å². The molecule has 0 aliphatic carbocycles. The summed E-state index contributed by atoms with van der Waals surface area (Å²) < 4.78 is 7.57. The SMILES string of the molecule is Cn1cnc(C(N)c2cc3cc(Cl)ccc3o2)c1. The van der Waals surface area contributed by atoms with Gasteiger partial charge >= 0.3 is 0 Å². The number of hydrogen-bond donors (Lipinski definition) is 1. The average Bonchev–Trinajstić information content (AvgIpc) is 2.93. The molecule has 18 heavy (non-hydrogen) atoms. The lowest BCUT2D eigenvalue weighted by Crippen LogP contribution is -2.11. The van der Waals surface area contributed by atoms with E-state index >= 15 is 0 Å². The van der Waals surface area contributed by atoms with Crippen molar-refractivity contribution >= 4 is 22.6 Å². The number of aryl methyl sites for hydroxylation is 1. The summed E-state index contributed by atoms with van der Waals surface area (Å²) in [6.45, 7) is 0. The molecule has 0 bridgehead atoms. The molecule has 2 N–H and O–H groups in total. The van der Waals surface area contributed by atoms with Gasteiger partial charge in [0.25, 0.3) is 0 Å². The van der Waals surface area contributed by atoms with E-state index in [1.807, 2.05) is 36.0 Å². The van der Waals surface area contributed by atoms with E-state index in [2.05, 4.69) is 4.98 Å². The zero-order valence-electron chi connectivity index (χ0n) is 9.80. The highest BCUT2D eigenvalue weighted by atomic mass is 35.5. The molecule has 2 heterocycles. The van der Waals surface area contributed by atoms with Crippen LogP contribution in [0.2, 0.25) is 5.02 Å². The first-order valence-electron chi connectivity index (χ1n) is 5.56. The van der Waals surface area contributed by atoms with Crippen molar-refractivity contribution in [3.8, 4) is 0 Å². The third-order valence-corrected chi connectivity index (χ3v) is 3.08. The zero-order valence-corrected chi connectivity index (χ0v) is 10.6. The van der Waals surface area contributed by atoms with Gasteiger partial charge in [-0.25, -0.2) is 4.98 Å². The molecule has 1 unspecified atom stereocenters. The second kappa shape index (κ2) is 4.15. The number of fused-ring (bicyclic) bond motifs is 1. The molecule has 3 rings (SSSR count). The quantitative estimate of drug-likeness (QED) is 0.772. The lowest BCUT2D eigenvalue weighted by molar-refractivity contribution is 0.521. The van der Waals surface area contributed by atoms with E-state index in [1.54, 1.807) is 12.4 Å². The lowest BCUT2D eigenvalue weighted by Gasteiger charge is -2.03. The normalized spacial score (nSPS) is 13.1. The maximum atomic E-state index is 6.13. The van der Waals surface area contributed by atoms with Crippen LogP contribution in [0.15, 0.2) is 41.2 Å². The number of rotatable bonds is 2. The van der Waals surface area contributed by atoms with Gasteiger partial charge in [-0.3, -0.25) is 0 Å². The summed E-state index contributed by atoms with van der Waals surface area (Å²) in [6, 6.07) is 7.03. The Balaban J connectivity index is 2.03. The van der Waals surface area contributed by atoms with Crippen LogP contribution in [0.4, 0.5) is 0 Å². The number of aromatic nitrogens is 2. The van der Waals surface area contributed by atoms with Gasteiger partial charge in [-0.2, -0.15) is 0 Å². The topological polar surface area (TPSA) is 57.0 Å². The molecule has 0 spiro atoms. The molecule has 2 aromatic heterocycles. The van der Waals surface area contributed by atoms with Crippen molar-refractivity contribution in [3.05, 3.63) is 53.3 Å². The number of halogens is 1. The lowest BCUT2D eigenvalue weighted by atomic mass is 10.1. The van der Waals surface area contributed by atoms with Crippen molar-refractivity contribution < 1.29 is 4.42 Å². The van der Waals surface area contributed by atoms with Gasteiger partial charge in [0, 0.05) is 23.7 Å². The van der Waals surface area contributed by atoms with E-state index in [-0.39, 0.29) is 6.04 Å². The molecule has 4 nitrogen and oxygen atoms in total. The number of furan rings is 1. The van der Waals surface area contributed by atoms with Gasteiger partial charge in [0.15, 0.2) is 0 Å². The van der Waals surface area contributed by atoms with Crippen molar-refractivity contribution in [2.24, 2.45) is 12.8 Å². The second-order valence-electron chi connectivity index (χ2n) is 4.27. The minimum Gasteiger partial charge on any atom is -0.459 e. The molecule has 0 amide bonds. The van der Waals surface area contributed by atoms with Gasteiger partial charge in [-0.1, -0.05) is 11.6 Å². The Bertz CT molecular complexity index is 701. The Morgan fingerprint density at radius 2 is 2.22 bits per heavy atom. The Morgan fingerprint density at radius 1 is 1.39 bits per heavy atom. The van der Waals surface area contributed by atoms with Gasteiger partial charge in [0.1, 0.15) is 17.4 Å². The number of benzene rings is 1. The molecular weight excluding hydrogens is 250 g/mol. The van der Waals surface area contributed by atoms with Crippen molar-refractivity contribution in [1.82, 2.24) is 9.55 Å². The summed E-state index contributed by atoms with van der Waals surface area (Å²) in [6.07, 6.45) is 3.60. The summed E-state index contributed by atoms with van der Waals surface area (Å²) in [7, 11) is 1.90. The molecule has 0 aliphatic heterocycles. The van der Waals surface area contributed by atoms with Gasteiger partial charge in [-0.05, 0) is 24.3 Å². The highest BCUT2D eigenvalue weighted by Crippen LogP contribution is 2.27. The maximum absolute atomic E-state index is 6.13. The van der Waals surface area contributed by atoms with Crippen LogP contribution in [0, 0.1) is 0 Å². The molecule has 0 radical (unpaired) electrons. The van der Waals surface area contributed by atoms with E-state index in [9.17, 15) is 0 Å². The minimum atomic E-state index is -0.364. The van der Waals surface area contributed by atoms with E-state index in [0.717, 1.165) is 16.7 Å². The second-order valence-corrected chi connectivity index (χ2v) is 4.71. The van der Waals surface area contributed by atoms with Crippen LogP contribution in [-0.4, -0.2) is 9.55 Å². The smallest absolute Gasteiger partial charge is 0.134 e. The van der Waals surface area contributed by atoms with Crippen LogP contribution in [0.25, 0.3) is 11.0 Å². The Labute approximate surface area is 109 Å². The van der Waals surface area contributed by atoms with Crippen LogP contribution >= 0.6 is 11.6 Å².